The fraction of sp³-hybridized carbons (Fsp3) is 0.200. The van der Waals surface area contributed by atoms with Gasteiger partial charge in [0.15, 0.2) is 0 Å². The smallest absolute Gasteiger partial charge is 0.171 e. The molecule has 0 atom stereocenters. The second kappa shape index (κ2) is 3.64. The third kappa shape index (κ3) is 3.32. The summed E-state index contributed by atoms with van der Waals surface area (Å²) in [5.41, 5.74) is 1.10. The lowest BCUT2D eigenvalue weighted by Crippen LogP contribution is -2.11. The van der Waals surface area contributed by atoms with Gasteiger partial charge in [-0.2, -0.15) is 13.2 Å². The first-order valence-electron chi connectivity index (χ1n) is 3.79. The van der Waals surface area contributed by atoms with Gasteiger partial charge in [-0.3, -0.25) is 0 Å². The highest BCUT2D eigenvalue weighted by Gasteiger charge is 2.27. The van der Waals surface area contributed by atoms with E-state index in [2.05, 4.69) is 6.58 Å². The molecule has 0 saturated heterocycles. The number of rotatable bonds is 2. The quantitative estimate of drug-likeness (QED) is 0.663. The summed E-state index contributed by atoms with van der Waals surface area (Å²) in [6.07, 6.45) is -3.41. The van der Waals surface area contributed by atoms with Crippen molar-refractivity contribution in [2.75, 3.05) is 0 Å². The van der Waals surface area contributed by atoms with E-state index < -0.39 is 12.6 Å². The van der Waals surface area contributed by atoms with Crippen LogP contribution < -0.4 is 0 Å². The van der Waals surface area contributed by atoms with Gasteiger partial charge in [0, 0.05) is 0 Å². The Morgan fingerprint density at radius 3 is 2.08 bits per heavy atom. The highest BCUT2D eigenvalue weighted by Crippen LogP contribution is 2.21. The van der Waals surface area contributed by atoms with Crippen LogP contribution in [0.1, 0.15) is 11.1 Å². The zero-order valence-electron chi connectivity index (χ0n) is 6.93. The molecule has 0 N–H and O–H groups in total. The van der Waals surface area contributed by atoms with E-state index in [1.807, 2.05) is 0 Å². The summed E-state index contributed by atoms with van der Waals surface area (Å²) in [6.45, 7) is 3.51. The average Bonchev–Trinajstić information content (AvgIpc) is 2.03. The molecule has 0 aromatic heterocycles. The van der Waals surface area contributed by atoms with Crippen molar-refractivity contribution >= 4 is 6.08 Å². The Morgan fingerprint density at radius 2 is 1.69 bits per heavy atom. The maximum Gasteiger partial charge on any atom is 0.393 e. The summed E-state index contributed by atoms with van der Waals surface area (Å²) >= 11 is 0. The fourth-order valence-electron chi connectivity index (χ4n) is 1.00. The first-order chi connectivity index (χ1) is 6.01. The molecule has 0 aliphatic rings. The molecule has 0 nitrogen and oxygen atoms in total. The molecule has 0 unspecified atom stereocenters. The molecule has 0 saturated carbocycles. The summed E-state index contributed by atoms with van der Waals surface area (Å²) in [5.74, 6) is 0. The van der Waals surface area contributed by atoms with E-state index in [0.29, 0.717) is 0 Å². The first-order valence-corrected chi connectivity index (χ1v) is 3.79. The van der Waals surface area contributed by atoms with Gasteiger partial charge in [-0.1, -0.05) is 36.9 Å². The van der Waals surface area contributed by atoms with E-state index >= 15 is 0 Å². The summed E-state index contributed by atoms with van der Waals surface area (Å²) < 4.78 is 35.7. The van der Waals surface area contributed by atoms with Crippen LogP contribution in [-0.4, -0.2) is 6.18 Å². The molecule has 1 rings (SSSR count). The fourth-order valence-corrected chi connectivity index (χ4v) is 1.00. The molecule has 0 bridgehead atoms. The minimum absolute atomic E-state index is 0.276. The van der Waals surface area contributed by atoms with Gasteiger partial charge < -0.3 is 0 Å². The van der Waals surface area contributed by atoms with Crippen molar-refractivity contribution in [1.29, 1.82) is 0 Å². The van der Waals surface area contributed by atoms with E-state index in [4.69, 9.17) is 0 Å². The molecule has 1 aromatic rings. The third-order valence-corrected chi connectivity index (χ3v) is 1.62. The first kappa shape index (κ1) is 9.84. The van der Waals surface area contributed by atoms with Gasteiger partial charge in [0.2, 0.25) is 0 Å². The lowest BCUT2D eigenvalue weighted by atomic mass is 10.1. The highest BCUT2D eigenvalue weighted by atomic mass is 19.4. The van der Waals surface area contributed by atoms with Gasteiger partial charge >= 0.3 is 6.18 Å². The molecule has 0 radical (unpaired) electrons. The van der Waals surface area contributed by atoms with Gasteiger partial charge in [0.25, 0.3) is 0 Å². The summed E-state index contributed by atoms with van der Waals surface area (Å²) in [6, 6.07) is 6.16. The molecular weight excluding hydrogens is 177 g/mol. The van der Waals surface area contributed by atoms with Gasteiger partial charge in [-0.15, -0.1) is 0 Å². The van der Waals surface area contributed by atoms with Crippen LogP contribution in [0.5, 0.6) is 0 Å². The second-order valence-electron chi connectivity index (χ2n) is 2.74. The largest absolute Gasteiger partial charge is 0.393 e. The SMILES string of the molecule is C=Cc1ccc(CC(F)(F)F)cc1. The maximum atomic E-state index is 11.9. The molecule has 0 aliphatic carbocycles. The standard InChI is InChI=1S/C10H9F3/c1-2-8-3-5-9(6-4-8)7-10(11,12)13/h2-6H,1,7H2. The van der Waals surface area contributed by atoms with Crippen molar-refractivity contribution in [2.45, 2.75) is 12.6 Å². The van der Waals surface area contributed by atoms with Crippen LogP contribution >= 0.6 is 0 Å². The van der Waals surface area contributed by atoms with Gasteiger partial charge in [-0.25, -0.2) is 0 Å². The lowest BCUT2D eigenvalue weighted by molar-refractivity contribution is -0.127. The molecular formula is C10H9F3. The molecule has 70 valence electrons. The second-order valence-corrected chi connectivity index (χ2v) is 2.74. The van der Waals surface area contributed by atoms with Gasteiger partial charge in [0.1, 0.15) is 0 Å². The molecule has 0 spiro atoms. The van der Waals surface area contributed by atoms with Crippen LogP contribution in [0, 0.1) is 0 Å². The Balaban J connectivity index is 2.75. The molecule has 0 heterocycles. The van der Waals surface area contributed by atoms with Crippen LogP contribution in [-0.2, 0) is 6.42 Å². The number of benzene rings is 1. The van der Waals surface area contributed by atoms with Gasteiger partial charge in [0.05, 0.1) is 6.42 Å². The van der Waals surface area contributed by atoms with Crippen molar-refractivity contribution in [3.05, 3.63) is 42.0 Å². The zero-order chi connectivity index (χ0) is 9.90. The van der Waals surface area contributed by atoms with Crippen LogP contribution in [0.2, 0.25) is 0 Å². The van der Waals surface area contributed by atoms with E-state index in [0.717, 1.165) is 5.56 Å². The minimum Gasteiger partial charge on any atom is -0.171 e. The molecule has 0 amide bonds. The summed E-state index contributed by atoms with van der Waals surface area (Å²) in [5, 5.41) is 0. The number of alkyl halides is 3. The Hall–Kier alpha value is -1.25. The van der Waals surface area contributed by atoms with Crippen LogP contribution in [0.25, 0.3) is 6.08 Å². The molecule has 3 heteroatoms. The zero-order valence-corrected chi connectivity index (χ0v) is 6.93. The molecule has 13 heavy (non-hydrogen) atoms. The summed E-state index contributed by atoms with van der Waals surface area (Å²) in [4.78, 5) is 0. The van der Waals surface area contributed by atoms with Gasteiger partial charge in [-0.05, 0) is 11.1 Å². The van der Waals surface area contributed by atoms with Crippen molar-refractivity contribution < 1.29 is 13.2 Å². The van der Waals surface area contributed by atoms with Crippen molar-refractivity contribution in [3.63, 3.8) is 0 Å². The third-order valence-electron chi connectivity index (χ3n) is 1.62. The lowest BCUT2D eigenvalue weighted by Gasteiger charge is -2.05. The van der Waals surface area contributed by atoms with E-state index in [9.17, 15) is 13.2 Å². The van der Waals surface area contributed by atoms with E-state index in [-0.39, 0.29) is 5.56 Å². The molecule has 0 aliphatic heterocycles. The Morgan fingerprint density at radius 1 is 1.15 bits per heavy atom. The summed E-state index contributed by atoms with van der Waals surface area (Å²) in [7, 11) is 0. The Bertz CT molecular complexity index is 282. The molecule has 1 aromatic carbocycles. The number of halogens is 3. The monoisotopic (exact) mass is 186 g/mol. The molecule has 0 fully saturated rings. The number of hydrogen-bond donors (Lipinski definition) is 0. The van der Waals surface area contributed by atoms with Crippen molar-refractivity contribution in [1.82, 2.24) is 0 Å². The normalized spacial score (nSPS) is 11.3. The Labute approximate surface area is 74.7 Å². The predicted octanol–water partition coefficient (Wildman–Crippen LogP) is 3.43. The average molecular weight is 186 g/mol. The van der Waals surface area contributed by atoms with Crippen LogP contribution in [0.4, 0.5) is 13.2 Å². The highest BCUT2D eigenvalue weighted by molar-refractivity contribution is 5.47. The van der Waals surface area contributed by atoms with Crippen LogP contribution in [0.3, 0.4) is 0 Å². The predicted molar refractivity (Wildman–Crippen MR) is 46.3 cm³/mol. The maximum absolute atomic E-state index is 11.9. The van der Waals surface area contributed by atoms with E-state index in [1.165, 1.54) is 12.1 Å². The number of hydrogen-bond acceptors (Lipinski definition) is 0. The van der Waals surface area contributed by atoms with Crippen molar-refractivity contribution in [2.24, 2.45) is 0 Å². The van der Waals surface area contributed by atoms with E-state index in [1.54, 1.807) is 18.2 Å². The topological polar surface area (TPSA) is 0 Å². The Kier molecular flexibility index (Phi) is 2.76. The van der Waals surface area contributed by atoms with Crippen molar-refractivity contribution in [3.8, 4) is 0 Å². The van der Waals surface area contributed by atoms with Crippen LogP contribution in [0.15, 0.2) is 30.8 Å². The minimum atomic E-state index is -4.13.